The minimum absolute atomic E-state index is 0.118. The van der Waals surface area contributed by atoms with Gasteiger partial charge in [0.05, 0.1) is 26.4 Å². The van der Waals surface area contributed by atoms with E-state index in [1.807, 2.05) is 0 Å². The normalized spacial score (nSPS) is 10.4. The summed E-state index contributed by atoms with van der Waals surface area (Å²) in [6.45, 7) is 1.28. The topological polar surface area (TPSA) is 40.6 Å². The smallest absolute Gasteiger partial charge is 0.212 e. The maximum Gasteiger partial charge on any atom is 0.212 e. The molecule has 0 unspecified atom stereocenters. The third-order valence-corrected chi connectivity index (χ3v) is 1.82. The Morgan fingerprint density at radius 3 is 2.47 bits per heavy atom. The Bertz CT molecular complexity index is 315. The van der Waals surface area contributed by atoms with Crippen molar-refractivity contribution < 1.29 is 18.6 Å². The summed E-state index contributed by atoms with van der Waals surface area (Å²) >= 11 is 0. The van der Waals surface area contributed by atoms with E-state index in [0.29, 0.717) is 37.9 Å². The maximum atomic E-state index is 11.6. The molecule has 4 nitrogen and oxygen atoms in total. The quantitative estimate of drug-likeness (QED) is 0.457. The van der Waals surface area contributed by atoms with Crippen molar-refractivity contribution in [2.45, 2.75) is 0 Å². The first-order valence-corrected chi connectivity index (χ1v) is 5.39. The van der Waals surface area contributed by atoms with E-state index in [2.05, 4.69) is 4.98 Å². The Morgan fingerprint density at radius 2 is 1.76 bits per heavy atom. The molecule has 1 heterocycles. The standard InChI is InChI=1S/C11H15BFNO3/c12-10-2-1-3-11(14-10)17-9-8-16-7-6-15-5-4-13/h1-3H,4-9H2. The fourth-order valence-electron chi connectivity index (χ4n) is 1.09. The van der Waals surface area contributed by atoms with Crippen LogP contribution in [0, 0.1) is 0 Å². The largest absolute Gasteiger partial charge is 0.475 e. The number of rotatable bonds is 9. The fraction of sp³-hybridized carbons (Fsp3) is 0.545. The SMILES string of the molecule is [B]c1cccc(OCCOCCOCCF)n1. The fourth-order valence-corrected chi connectivity index (χ4v) is 1.09. The molecule has 0 amide bonds. The Kier molecular flexibility index (Phi) is 7.34. The van der Waals surface area contributed by atoms with Crippen molar-refractivity contribution in [3.8, 4) is 5.88 Å². The highest BCUT2D eigenvalue weighted by Crippen LogP contribution is 2.00. The van der Waals surface area contributed by atoms with Crippen LogP contribution in [0.5, 0.6) is 5.88 Å². The molecule has 0 spiro atoms. The van der Waals surface area contributed by atoms with Crippen molar-refractivity contribution in [2.75, 3.05) is 39.7 Å². The highest BCUT2D eigenvalue weighted by atomic mass is 19.1. The summed E-state index contributed by atoms with van der Waals surface area (Å²) in [5.74, 6) is 0.474. The van der Waals surface area contributed by atoms with Gasteiger partial charge in [-0.05, 0) is 5.59 Å². The van der Waals surface area contributed by atoms with Crippen LogP contribution >= 0.6 is 0 Å². The van der Waals surface area contributed by atoms with Gasteiger partial charge < -0.3 is 14.2 Å². The van der Waals surface area contributed by atoms with E-state index in [-0.39, 0.29) is 6.61 Å². The van der Waals surface area contributed by atoms with E-state index < -0.39 is 6.67 Å². The van der Waals surface area contributed by atoms with Gasteiger partial charge in [-0.15, -0.1) is 0 Å². The lowest BCUT2D eigenvalue weighted by Gasteiger charge is -2.07. The van der Waals surface area contributed by atoms with Crippen molar-refractivity contribution >= 4 is 13.4 Å². The lowest BCUT2D eigenvalue weighted by Crippen LogP contribution is -2.14. The zero-order valence-corrected chi connectivity index (χ0v) is 9.60. The van der Waals surface area contributed by atoms with Gasteiger partial charge >= 0.3 is 0 Å². The molecule has 6 heteroatoms. The number of ether oxygens (including phenoxy) is 3. The van der Waals surface area contributed by atoms with Crippen molar-refractivity contribution in [2.24, 2.45) is 0 Å². The summed E-state index contributed by atoms with van der Waals surface area (Å²) in [5, 5.41) is 0. The van der Waals surface area contributed by atoms with E-state index >= 15 is 0 Å². The van der Waals surface area contributed by atoms with Crippen molar-refractivity contribution in [1.82, 2.24) is 4.98 Å². The summed E-state index contributed by atoms with van der Waals surface area (Å²) in [7, 11) is 5.49. The molecular formula is C11H15BFNO3. The van der Waals surface area contributed by atoms with Crippen LogP contribution in [0.3, 0.4) is 0 Å². The molecule has 17 heavy (non-hydrogen) atoms. The molecule has 92 valence electrons. The van der Waals surface area contributed by atoms with Crippen LogP contribution in [-0.2, 0) is 9.47 Å². The maximum absolute atomic E-state index is 11.6. The van der Waals surface area contributed by atoms with Gasteiger partial charge in [0.15, 0.2) is 0 Å². The third kappa shape index (κ3) is 6.91. The second kappa shape index (κ2) is 8.95. The number of pyridine rings is 1. The molecule has 1 aromatic rings. The van der Waals surface area contributed by atoms with E-state index in [1.165, 1.54) is 0 Å². The highest BCUT2D eigenvalue weighted by molar-refractivity contribution is 6.30. The molecule has 0 saturated heterocycles. The van der Waals surface area contributed by atoms with Gasteiger partial charge in [-0.3, -0.25) is 0 Å². The van der Waals surface area contributed by atoms with Crippen molar-refractivity contribution in [3.63, 3.8) is 0 Å². The predicted octanol–water partition coefficient (Wildman–Crippen LogP) is 0.257. The lowest BCUT2D eigenvalue weighted by atomic mass is 10.0. The number of alkyl halides is 1. The molecule has 2 radical (unpaired) electrons. The van der Waals surface area contributed by atoms with Crippen LogP contribution in [0.2, 0.25) is 0 Å². The van der Waals surface area contributed by atoms with Crippen molar-refractivity contribution in [1.29, 1.82) is 0 Å². The highest BCUT2D eigenvalue weighted by Gasteiger charge is 1.95. The van der Waals surface area contributed by atoms with E-state index in [9.17, 15) is 4.39 Å². The zero-order chi connectivity index (χ0) is 12.3. The molecule has 0 aliphatic rings. The summed E-state index contributed by atoms with van der Waals surface area (Å²) < 4.78 is 27.0. The number of aromatic nitrogens is 1. The van der Waals surface area contributed by atoms with Gasteiger partial charge in [0.25, 0.3) is 0 Å². The zero-order valence-electron chi connectivity index (χ0n) is 9.60. The number of nitrogens with zero attached hydrogens (tertiary/aromatic N) is 1. The van der Waals surface area contributed by atoms with Gasteiger partial charge in [0.1, 0.15) is 21.1 Å². The Morgan fingerprint density at radius 1 is 1.06 bits per heavy atom. The molecule has 1 aromatic heterocycles. The molecule has 0 aromatic carbocycles. The molecule has 0 aliphatic carbocycles. The van der Waals surface area contributed by atoms with Crippen LogP contribution in [0.4, 0.5) is 4.39 Å². The molecule has 1 rings (SSSR count). The van der Waals surface area contributed by atoms with Gasteiger partial charge in [0, 0.05) is 6.07 Å². The Balaban J connectivity index is 1.97. The molecule has 0 bridgehead atoms. The minimum atomic E-state index is -0.468. The average Bonchev–Trinajstić information content (AvgIpc) is 2.33. The third-order valence-electron chi connectivity index (χ3n) is 1.82. The number of halogens is 1. The summed E-state index contributed by atoms with van der Waals surface area (Å²) in [6.07, 6.45) is 0. The first-order chi connectivity index (χ1) is 8.33. The summed E-state index contributed by atoms with van der Waals surface area (Å²) in [5.41, 5.74) is 0.419. The van der Waals surface area contributed by atoms with Gasteiger partial charge in [0.2, 0.25) is 5.88 Å². The number of hydrogen-bond donors (Lipinski definition) is 0. The van der Waals surface area contributed by atoms with E-state index in [0.717, 1.165) is 0 Å². The number of hydrogen-bond acceptors (Lipinski definition) is 4. The molecule has 0 N–H and O–H groups in total. The molecular weight excluding hydrogens is 224 g/mol. The van der Waals surface area contributed by atoms with E-state index in [4.69, 9.17) is 22.1 Å². The van der Waals surface area contributed by atoms with Crippen LogP contribution in [0.15, 0.2) is 18.2 Å². The first kappa shape index (κ1) is 13.9. The first-order valence-electron chi connectivity index (χ1n) is 5.39. The van der Waals surface area contributed by atoms with Crippen molar-refractivity contribution in [3.05, 3.63) is 18.2 Å². The minimum Gasteiger partial charge on any atom is -0.475 e. The second-order valence-electron chi connectivity index (χ2n) is 3.16. The summed E-state index contributed by atoms with van der Waals surface area (Å²) in [6, 6.07) is 5.18. The predicted molar refractivity (Wildman–Crippen MR) is 62.7 cm³/mol. The average molecular weight is 239 g/mol. The van der Waals surface area contributed by atoms with Gasteiger partial charge in [-0.25, -0.2) is 9.37 Å². The molecule has 0 aliphatic heterocycles. The monoisotopic (exact) mass is 239 g/mol. The Labute approximate surface area is 101 Å². The van der Waals surface area contributed by atoms with Crippen LogP contribution in [0.25, 0.3) is 0 Å². The van der Waals surface area contributed by atoms with Gasteiger partial charge in [-0.1, -0.05) is 12.1 Å². The van der Waals surface area contributed by atoms with E-state index in [1.54, 1.807) is 18.2 Å². The van der Waals surface area contributed by atoms with Gasteiger partial charge in [-0.2, -0.15) is 0 Å². The van der Waals surface area contributed by atoms with Crippen LogP contribution < -0.4 is 10.3 Å². The van der Waals surface area contributed by atoms with Crippen LogP contribution in [-0.4, -0.2) is 52.5 Å². The van der Waals surface area contributed by atoms with Crippen LogP contribution in [0.1, 0.15) is 0 Å². The summed E-state index contributed by atoms with van der Waals surface area (Å²) in [4.78, 5) is 3.97. The molecule has 0 atom stereocenters. The second-order valence-corrected chi connectivity index (χ2v) is 3.16. The molecule has 0 fully saturated rings. The Hall–Kier alpha value is -1.14. The molecule has 0 saturated carbocycles. The lowest BCUT2D eigenvalue weighted by molar-refractivity contribution is 0.0320.